The quantitative estimate of drug-likeness (QED) is 0.211. The molecule has 6 heteroatoms. The number of nitro groups is 1. The molecule has 0 rings (SSSR count). The summed E-state index contributed by atoms with van der Waals surface area (Å²) < 4.78 is 4.76. The Bertz CT molecular complexity index is 172. The monoisotopic (exact) mass is 192 g/mol. The number of thioether (sulfide) groups is 1. The molecule has 70 valence electrons. The lowest BCUT2D eigenvalue weighted by molar-refractivity contribution is -0.462. The maximum absolute atomic E-state index is 10.1. The Morgan fingerprint density at radius 1 is 1.75 bits per heavy atom. The van der Waals surface area contributed by atoms with Gasteiger partial charge in [-0.25, -0.2) is 0 Å². The highest BCUT2D eigenvalue weighted by atomic mass is 32.2. The van der Waals surface area contributed by atoms with Crippen LogP contribution in [0.25, 0.3) is 0 Å². The predicted molar refractivity (Wildman–Crippen MR) is 49.6 cm³/mol. The Kier molecular flexibility index (Phi) is 6.69. The van der Waals surface area contributed by atoms with E-state index < -0.39 is 0 Å². The van der Waals surface area contributed by atoms with Gasteiger partial charge < -0.3 is 4.74 Å². The van der Waals surface area contributed by atoms with Gasteiger partial charge in [-0.1, -0.05) is 0 Å². The molecular formula is C6H12N2O3S. The van der Waals surface area contributed by atoms with E-state index in [-0.39, 0.29) is 11.5 Å². The van der Waals surface area contributed by atoms with Crippen LogP contribution in [-0.2, 0) is 4.74 Å². The van der Waals surface area contributed by atoms with Crippen LogP contribution in [0.2, 0.25) is 0 Å². The van der Waals surface area contributed by atoms with Crippen molar-refractivity contribution >= 4 is 16.8 Å². The van der Waals surface area contributed by atoms with Crippen LogP contribution in [-0.4, -0.2) is 43.0 Å². The van der Waals surface area contributed by atoms with Crippen LogP contribution >= 0.6 is 11.8 Å². The Morgan fingerprint density at radius 3 is 2.83 bits per heavy atom. The molecule has 0 aromatic rings. The first-order valence-electron chi connectivity index (χ1n) is 3.38. The average molecular weight is 192 g/mol. The third kappa shape index (κ3) is 6.11. The van der Waals surface area contributed by atoms with Gasteiger partial charge in [-0.15, -0.1) is 11.8 Å². The predicted octanol–water partition coefficient (Wildman–Crippen LogP) is 0.671. The lowest BCUT2D eigenvalue weighted by Crippen LogP contribution is -2.11. The summed E-state index contributed by atoms with van der Waals surface area (Å²) in [7, 11) is 1.57. The largest absolute Gasteiger partial charge is 0.383 e. The summed E-state index contributed by atoms with van der Waals surface area (Å²) in [6.45, 7) is 0.799. The zero-order chi connectivity index (χ0) is 9.40. The highest BCUT2D eigenvalue weighted by molar-refractivity contribution is 8.13. The molecule has 12 heavy (non-hydrogen) atoms. The summed E-state index contributed by atoms with van der Waals surface area (Å²) in [6, 6.07) is 0. The minimum Gasteiger partial charge on any atom is -0.383 e. The molecule has 0 aliphatic carbocycles. The topological polar surface area (TPSA) is 64.7 Å². The van der Waals surface area contributed by atoms with Crippen LogP contribution in [0.3, 0.4) is 0 Å². The summed E-state index contributed by atoms with van der Waals surface area (Å²) in [5.41, 5.74) is 0. The van der Waals surface area contributed by atoms with Crippen LogP contribution in [0.15, 0.2) is 4.99 Å². The number of aliphatic imine (C=N–C) groups is 1. The van der Waals surface area contributed by atoms with Crippen molar-refractivity contribution < 1.29 is 9.66 Å². The van der Waals surface area contributed by atoms with Crippen molar-refractivity contribution in [2.24, 2.45) is 4.99 Å². The van der Waals surface area contributed by atoms with E-state index in [0.29, 0.717) is 18.2 Å². The number of rotatable bonds is 5. The summed E-state index contributed by atoms with van der Waals surface area (Å²) in [6.07, 6.45) is 1.77. The Balaban J connectivity index is 3.78. The molecule has 0 bridgehead atoms. The molecule has 0 aliphatic heterocycles. The number of nitrogens with zero attached hydrogens (tertiary/aromatic N) is 2. The third-order valence-electron chi connectivity index (χ3n) is 1.08. The lowest BCUT2D eigenvalue weighted by Gasteiger charge is -1.97. The molecule has 0 heterocycles. The Morgan fingerprint density at radius 2 is 2.42 bits per heavy atom. The van der Waals surface area contributed by atoms with Crippen molar-refractivity contribution in [1.82, 2.24) is 0 Å². The lowest BCUT2D eigenvalue weighted by atomic mass is 10.6. The van der Waals surface area contributed by atoms with Crippen LogP contribution in [0.1, 0.15) is 0 Å². The van der Waals surface area contributed by atoms with Gasteiger partial charge in [0.05, 0.1) is 13.2 Å². The van der Waals surface area contributed by atoms with Crippen molar-refractivity contribution in [1.29, 1.82) is 0 Å². The standard InChI is InChI=1S/C6H12N2O3S/c1-11-4-3-7-6(12-2)5-8(9)10/h3-5H2,1-2H3. The molecule has 0 aliphatic rings. The molecule has 0 saturated heterocycles. The fourth-order valence-corrected chi connectivity index (χ4v) is 1.01. The zero-order valence-corrected chi connectivity index (χ0v) is 7.97. The summed E-state index contributed by atoms with van der Waals surface area (Å²) >= 11 is 1.30. The van der Waals surface area contributed by atoms with Gasteiger partial charge >= 0.3 is 0 Å². The molecule has 0 N–H and O–H groups in total. The van der Waals surface area contributed by atoms with Crippen LogP contribution < -0.4 is 0 Å². The van der Waals surface area contributed by atoms with Gasteiger partial charge in [-0.3, -0.25) is 15.1 Å². The first-order chi connectivity index (χ1) is 5.70. The van der Waals surface area contributed by atoms with E-state index in [0.717, 1.165) is 0 Å². The minimum atomic E-state index is -0.387. The molecule has 0 unspecified atom stereocenters. The van der Waals surface area contributed by atoms with Gasteiger partial charge in [-0.2, -0.15) is 0 Å². The smallest absolute Gasteiger partial charge is 0.250 e. The van der Waals surface area contributed by atoms with Gasteiger partial charge in [0.25, 0.3) is 6.54 Å². The summed E-state index contributed by atoms with van der Waals surface area (Å²) in [5, 5.41) is 10.6. The average Bonchev–Trinajstić information content (AvgIpc) is 2.02. The first-order valence-corrected chi connectivity index (χ1v) is 4.61. The van der Waals surface area contributed by atoms with Crippen molar-refractivity contribution in [3.63, 3.8) is 0 Å². The van der Waals surface area contributed by atoms with E-state index in [1.54, 1.807) is 13.4 Å². The highest BCUT2D eigenvalue weighted by Crippen LogP contribution is 1.98. The van der Waals surface area contributed by atoms with Gasteiger partial charge in [0.2, 0.25) is 0 Å². The van der Waals surface area contributed by atoms with Gasteiger partial charge in [0.15, 0.2) is 0 Å². The molecule has 0 saturated carbocycles. The second-order valence-corrected chi connectivity index (χ2v) is 2.84. The van der Waals surface area contributed by atoms with Crippen LogP contribution in [0, 0.1) is 10.1 Å². The molecule has 5 nitrogen and oxygen atoms in total. The number of ether oxygens (including phenoxy) is 1. The van der Waals surface area contributed by atoms with E-state index in [2.05, 4.69) is 4.99 Å². The first kappa shape index (κ1) is 11.4. The van der Waals surface area contributed by atoms with Crippen molar-refractivity contribution in [2.75, 3.05) is 33.1 Å². The second kappa shape index (κ2) is 7.05. The molecule has 0 atom stereocenters. The number of hydrogen-bond donors (Lipinski definition) is 0. The zero-order valence-electron chi connectivity index (χ0n) is 7.15. The number of methoxy groups -OCH3 is 1. The van der Waals surface area contributed by atoms with Gasteiger partial charge in [0, 0.05) is 12.0 Å². The second-order valence-electron chi connectivity index (χ2n) is 1.96. The summed E-state index contributed by atoms with van der Waals surface area (Å²) in [5.74, 6) is 0. The molecule has 0 fully saturated rings. The molecule has 0 radical (unpaired) electrons. The van der Waals surface area contributed by atoms with Crippen LogP contribution in [0.4, 0.5) is 0 Å². The maximum atomic E-state index is 10.1. The maximum Gasteiger partial charge on any atom is 0.250 e. The molecular weight excluding hydrogens is 180 g/mol. The normalized spacial score (nSPS) is 11.7. The van der Waals surface area contributed by atoms with E-state index in [4.69, 9.17) is 4.74 Å². The van der Waals surface area contributed by atoms with E-state index in [9.17, 15) is 10.1 Å². The fraction of sp³-hybridized carbons (Fsp3) is 0.833. The molecule has 0 spiro atoms. The Hall–Kier alpha value is -0.620. The minimum absolute atomic E-state index is 0.190. The third-order valence-corrected chi connectivity index (χ3v) is 1.81. The van der Waals surface area contributed by atoms with Crippen molar-refractivity contribution in [2.45, 2.75) is 0 Å². The van der Waals surface area contributed by atoms with Crippen LogP contribution in [0.5, 0.6) is 0 Å². The van der Waals surface area contributed by atoms with Gasteiger partial charge in [0.1, 0.15) is 5.04 Å². The Labute approximate surface area is 75.3 Å². The molecule has 0 aromatic heterocycles. The van der Waals surface area contributed by atoms with Crippen molar-refractivity contribution in [3.05, 3.63) is 10.1 Å². The van der Waals surface area contributed by atoms with Gasteiger partial charge in [-0.05, 0) is 6.26 Å². The van der Waals surface area contributed by atoms with E-state index in [1.165, 1.54) is 11.8 Å². The summed E-state index contributed by atoms with van der Waals surface area (Å²) in [4.78, 5) is 13.7. The molecule has 0 amide bonds. The number of hydrogen-bond acceptors (Lipinski definition) is 5. The highest BCUT2D eigenvalue weighted by Gasteiger charge is 2.04. The SMILES string of the molecule is COCCN=C(C[N+](=O)[O-])SC. The van der Waals surface area contributed by atoms with Crippen molar-refractivity contribution in [3.8, 4) is 0 Å². The van der Waals surface area contributed by atoms with E-state index >= 15 is 0 Å². The molecule has 0 aromatic carbocycles. The fourth-order valence-electron chi connectivity index (χ4n) is 0.551. The van der Waals surface area contributed by atoms with E-state index in [1.807, 2.05) is 0 Å².